The SMILES string of the molecule is CN=C(NCCNC(=O)OC(C)(C)C)NCc1c(O)ccc2c1CCCC2.I. The number of carbonyl (C=O) groups excluding carboxylic acids is 1. The number of hydrogen-bond acceptors (Lipinski definition) is 4. The lowest BCUT2D eigenvalue weighted by molar-refractivity contribution is 0.0529. The molecule has 8 heteroatoms. The van der Waals surface area contributed by atoms with Gasteiger partial charge in [0.1, 0.15) is 11.4 Å². The Labute approximate surface area is 184 Å². The standard InChI is InChI=1S/C20H32N4O3.HI/c1-20(2,3)27-19(26)23-12-11-22-18(21-4)24-13-16-15-8-6-5-7-14(15)9-10-17(16)25;/h9-10,25H,5-8,11-13H2,1-4H3,(H,23,26)(H2,21,22,24);1H. The molecule has 1 aliphatic rings. The lowest BCUT2D eigenvalue weighted by atomic mass is 9.88. The lowest BCUT2D eigenvalue weighted by Crippen LogP contribution is -2.42. The second-order valence-corrected chi connectivity index (χ2v) is 7.69. The maximum Gasteiger partial charge on any atom is 0.407 e. The molecule has 0 aromatic heterocycles. The van der Waals surface area contributed by atoms with Gasteiger partial charge in [0, 0.05) is 32.2 Å². The summed E-state index contributed by atoms with van der Waals surface area (Å²) in [5.74, 6) is 0.944. The van der Waals surface area contributed by atoms with Crippen LogP contribution in [0.4, 0.5) is 4.79 Å². The highest BCUT2D eigenvalue weighted by Gasteiger charge is 2.17. The number of rotatable bonds is 5. The van der Waals surface area contributed by atoms with Crippen molar-refractivity contribution >= 4 is 36.0 Å². The van der Waals surface area contributed by atoms with Gasteiger partial charge in [-0.25, -0.2) is 4.79 Å². The van der Waals surface area contributed by atoms with Crippen molar-refractivity contribution in [1.29, 1.82) is 0 Å². The Hall–Kier alpha value is -1.71. The number of benzene rings is 1. The molecule has 1 amide bonds. The minimum Gasteiger partial charge on any atom is -0.508 e. The zero-order chi connectivity index (χ0) is 19.9. The molecule has 0 saturated carbocycles. The summed E-state index contributed by atoms with van der Waals surface area (Å²) >= 11 is 0. The first-order chi connectivity index (χ1) is 12.8. The molecule has 1 aromatic carbocycles. The topological polar surface area (TPSA) is 95.0 Å². The zero-order valence-corrected chi connectivity index (χ0v) is 19.6. The average Bonchev–Trinajstić information content (AvgIpc) is 2.61. The van der Waals surface area contributed by atoms with Crippen LogP contribution in [-0.4, -0.2) is 42.9 Å². The van der Waals surface area contributed by atoms with Crippen molar-refractivity contribution < 1.29 is 14.6 Å². The molecule has 1 aliphatic carbocycles. The van der Waals surface area contributed by atoms with Gasteiger partial charge in [-0.2, -0.15) is 0 Å². The summed E-state index contributed by atoms with van der Waals surface area (Å²) in [5, 5.41) is 19.3. The number of carbonyl (C=O) groups is 1. The summed E-state index contributed by atoms with van der Waals surface area (Å²) in [7, 11) is 1.69. The molecular formula is C20H33IN4O3. The van der Waals surface area contributed by atoms with E-state index >= 15 is 0 Å². The molecule has 0 saturated heterocycles. The maximum absolute atomic E-state index is 11.6. The second kappa shape index (κ2) is 11.3. The van der Waals surface area contributed by atoms with E-state index in [9.17, 15) is 9.90 Å². The number of amides is 1. The molecule has 4 N–H and O–H groups in total. The van der Waals surface area contributed by atoms with Crippen LogP contribution in [0.1, 0.15) is 50.3 Å². The number of fused-ring (bicyclic) bond motifs is 1. The zero-order valence-electron chi connectivity index (χ0n) is 17.2. The fourth-order valence-electron chi connectivity index (χ4n) is 3.14. The van der Waals surface area contributed by atoms with Crippen LogP contribution >= 0.6 is 24.0 Å². The van der Waals surface area contributed by atoms with Gasteiger partial charge in [-0.3, -0.25) is 4.99 Å². The van der Waals surface area contributed by atoms with Gasteiger partial charge in [-0.05, 0) is 63.6 Å². The van der Waals surface area contributed by atoms with Gasteiger partial charge in [0.2, 0.25) is 0 Å². The third-order valence-electron chi connectivity index (χ3n) is 4.37. The van der Waals surface area contributed by atoms with Gasteiger partial charge >= 0.3 is 6.09 Å². The molecule has 0 bridgehead atoms. The maximum atomic E-state index is 11.6. The van der Waals surface area contributed by atoms with Gasteiger partial charge in [0.05, 0.1) is 0 Å². The molecule has 0 unspecified atom stereocenters. The molecule has 2 rings (SSSR count). The number of aromatic hydroxyl groups is 1. The number of nitrogens with one attached hydrogen (secondary N) is 3. The van der Waals surface area contributed by atoms with E-state index in [1.54, 1.807) is 13.1 Å². The Balaban J connectivity index is 0.00000392. The molecule has 28 heavy (non-hydrogen) atoms. The van der Waals surface area contributed by atoms with Crippen molar-refractivity contribution in [3.05, 3.63) is 28.8 Å². The highest BCUT2D eigenvalue weighted by molar-refractivity contribution is 14.0. The van der Waals surface area contributed by atoms with Gasteiger partial charge in [-0.15, -0.1) is 24.0 Å². The molecule has 7 nitrogen and oxygen atoms in total. The molecule has 0 fully saturated rings. The van der Waals surface area contributed by atoms with E-state index in [1.165, 1.54) is 17.5 Å². The normalized spacial score (nSPS) is 13.8. The van der Waals surface area contributed by atoms with E-state index in [0.717, 1.165) is 24.8 Å². The number of aryl methyl sites for hydroxylation is 1. The van der Waals surface area contributed by atoms with Gasteiger partial charge in [0.15, 0.2) is 5.96 Å². The van der Waals surface area contributed by atoms with Crippen LogP contribution in [0.3, 0.4) is 0 Å². The number of halogens is 1. The summed E-state index contributed by atoms with van der Waals surface area (Å²) in [4.78, 5) is 15.8. The number of hydrogen-bond donors (Lipinski definition) is 4. The van der Waals surface area contributed by atoms with E-state index in [1.807, 2.05) is 26.8 Å². The van der Waals surface area contributed by atoms with Crippen molar-refractivity contribution in [2.24, 2.45) is 4.99 Å². The monoisotopic (exact) mass is 504 g/mol. The quantitative estimate of drug-likeness (QED) is 0.214. The molecule has 0 atom stereocenters. The molecular weight excluding hydrogens is 471 g/mol. The Morgan fingerprint density at radius 2 is 1.82 bits per heavy atom. The Morgan fingerprint density at radius 1 is 1.14 bits per heavy atom. The fourth-order valence-corrected chi connectivity index (χ4v) is 3.14. The number of phenolic OH excluding ortho intramolecular Hbond substituents is 1. The molecule has 158 valence electrons. The third kappa shape index (κ3) is 7.73. The van der Waals surface area contributed by atoms with Crippen LogP contribution in [-0.2, 0) is 24.1 Å². The van der Waals surface area contributed by atoms with Crippen LogP contribution < -0.4 is 16.0 Å². The molecule has 0 radical (unpaired) electrons. The summed E-state index contributed by atoms with van der Waals surface area (Å²) in [6.07, 6.45) is 4.01. The summed E-state index contributed by atoms with van der Waals surface area (Å²) in [6.45, 7) is 6.92. The van der Waals surface area contributed by atoms with Crippen molar-refractivity contribution in [2.75, 3.05) is 20.1 Å². The smallest absolute Gasteiger partial charge is 0.407 e. The predicted molar refractivity (Wildman–Crippen MR) is 123 cm³/mol. The first kappa shape index (κ1) is 24.3. The number of guanidine groups is 1. The third-order valence-corrected chi connectivity index (χ3v) is 4.37. The summed E-state index contributed by atoms with van der Waals surface area (Å²) in [6, 6.07) is 3.81. The first-order valence-corrected chi connectivity index (χ1v) is 9.54. The van der Waals surface area contributed by atoms with Crippen molar-refractivity contribution in [2.45, 2.75) is 58.6 Å². The number of ether oxygens (including phenoxy) is 1. The Morgan fingerprint density at radius 3 is 2.50 bits per heavy atom. The van der Waals surface area contributed by atoms with E-state index < -0.39 is 11.7 Å². The highest BCUT2D eigenvalue weighted by atomic mass is 127. The fraction of sp³-hybridized carbons (Fsp3) is 0.600. The van der Waals surface area contributed by atoms with Crippen LogP contribution in [0.2, 0.25) is 0 Å². The van der Waals surface area contributed by atoms with Crippen LogP contribution in [0.15, 0.2) is 17.1 Å². The largest absolute Gasteiger partial charge is 0.508 e. The first-order valence-electron chi connectivity index (χ1n) is 9.54. The highest BCUT2D eigenvalue weighted by Crippen LogP contribution is 2.30. The summed E-state index contributed by atoms with van der Waals surface area (Å²) < 4.78 is 5.19. The minimum atomic E-state index is -0.508. The van der Waals surface area contributed by atoms with E-state index in [2.05, 4.69) is 20.9 Å². The van der Waals surface area contributed by atoms with Gasteiger partial charge in [-0.1, -0.05) is 6.07 Å². The molecule has 1 aromatic rings. The average molecular weight is 504 g/mol. The number of nitrogens with zero attached hydrogens (tertiary/aromatic N) is 1. The van der Waals surface area contributed by atoms with Crippen LogP contribution in [0, 0.1) is 0 Å². The van der Waals surface area contributed by atoms with E-state index in [4.69, 9.17) is 4.74 Å². The Kier molecular flexibility index (Phi) is 9.84. The summed E-state index contributed by atoms with van der Waals surface area (Å²) in [5.41, 5.74) is 3.03. The lowest BCUT2D eigenvalue weighted by Gasteiger charge is -2.21. The van der Waals surface area contributed by atoms with Crippen molar-refractivity contribution in [1.82, 2.24) is 16.0 Å². The van der Waals surface area contributed by atoms with Crippen LogP contribution in [0.5, 0.6) is 5.75 Å². The van der Waals surface area contributed by atoms with E-state index in [-0.39, 0.29) is 24.0 Å². The minimum absolute atomic E-state index is 0. The number of alkyl carbamates (subject to hydrolysis) is 1. The Bertz CT molecular complexity index is 687. The molecule has 0 heterocycles. The number of phenols is 1. The van der Waals surface area contributed by atoms with Crippen LogP contribution in [0.25, 0.3) is 0 Å². The predicted octanol–water partition coefficient (Wildman–Crippen LogP) is 3.08. The van der Waals surface area contributed by atoms with E-state index in [0.29, 0.717) is 31.3 Å². The van der Waals surface area contributed by atoms with Crippen molar-refractivity contribution in [3.8, 4) is 5.75 Å². The van der Waals surface area contributed by atoms with Crippen molar-refractivity contribution in [3.63, 3.8) is 0 Å². The number of aliphatic imine (C=N–C) groups is 1. The molecule has 0 spiro atoms. The van der Waals surface area contributed by atoms with Gasteiger partial charge in [0.25, 0.3) is 0 Å². The van der Waals surface area contributed by atoms with Gasteiger partial charge < -0.3 is 25.8 Å². The molecule has 0 aliphatic heterocycles. The second-order valence-electron chi connectivity index (χ2n) is 7.69.